The van der Waals surface area contributed by atoms with E-state index in [9.17, 15) is 0 Å². The number of benzene rings is 2. The molecule has 4 heteroatoms. The van der Waals surface area contributed by atoms with Crippen LogP contribution in [0.15, 0.2) is 52.8 Å². The first kappa shape index (κ1) is 18.0. The van der Waals surface area contributed by atoms with Crippen LogP contribution in [0, 0.1) is 0 Å². The van der Waals surface area contributed by atoms with Crippen LogP contribution in [0.5, 0.6) is 0 Å². The maximum absolute atomic E-state index is 6.30. The lowest BCUT2D eigenvalue weighted by Gasteiger charge is -2.21. The molecule has 23 heavy (non-hydrogen) atoms. The number of halogens is 2. The van der Waals surface area contributed by atoms with Crippen molar-refractivity contribution in [3.05, 3.63) is 58.3 Å². The van der Waals surface area contributed by atoms with Crippen LogP contribution in [-0.4, -0.2) is 29.6 Å². The van der Waals surface area contributed by atoms with Crippen LogP contribution in [0.1, 0.15) is 26.3 Å². The predicted octanol–water partition coefficient (Wildman–Crippen LogP) is 5.61. The third kappa shape index (κ3) is 4.13. The molecule has 0 bridgehead atoms. The van der Waals surface area contributed by atoms with Crippen molar-refractivity contribution in [3.63, 3.8) is 0 Å². The fraction of sp³-hybridized carbons (Fsp3) is 0.368. The maximum Gasteiger partial charge on any atom is 0.141 e. The van der Waals surface area contributed by atoms with Crippen molar-refractivity contribution in [2.24, 2.45) is 0 Å². The van der Waals surface area contributed by atoms with E-state index in [2.05, 4.69) is 59.2 Å². The molecule has 0 aromatic heterocycles. The number of rotatable bonds is 4. The lowest BCUT2D eigenvalue weighted by molar-refractivity contribution is 0.268. The topological polar surface area (TPSA) is 6.48 Å². The van der Waals surface area contributed by atoms with Gasteiger partial charge < -0.3 is 9.80 Å². The van der Waals surface area contributed by atoms with Crippen LogP contribution in [-0.2, 0) is 6.42 Å². The summed E-state index contributed by atoms with van der Waals surface area (Å²) in [6.07, 6.45) is 0.961. The van der Waals surface area contributed by atoms with Gasteiger partial charge in [-0.15, -0.1) is 0 Å². The largest absolute Gasteiger partial charge is 0.342 e. The first-order valence-electron chi connectivity index (χ1n) is 8.22. The molecule has 2 aromatic carbocycles. The van der Waals surface area contributed by atoms with Crippen molar-refractivity contribution >= 4 is 34.0 Å². The summed E-state index contributed by atoms with van der Waals surface area (Å²) >= 11 is 12.5. The van der Waals surface area contributed by atoms with E-state index in [1.807, 2.05) is 13.8 Å². The fourth-order valence-electron chi connectivity index (χ4n) is 2.66. The molecule has 0 fully saturated rings. The molecule has 0 saturated heterocycles. The quantitative estimate of drug-likeness (QED) is 0.661. The van der Waals surface area contributed by atoms with E-state index in [-0.39, 0.29) is 0 Å². The summed E-state index contributed by atoms with van der Waals surface area (Å²) in [5.74, 6) is 0. The molecule has 0 aliphatic carbocycles. The van der Waals surface area contributed by atoms with Gasteiger partial charge in [0, 0.05) is 13.1 Å². The highest BCUT2D eigenvalue weighted by atomic mass is 35.5. The Morgan fingerprint density at radius 2 is 1.57 bits per heavy atom. The summed E-state index contributed by atoms with van der Waals surface area (Å²) in [4.78, 5) is 4.20. The molecule has 0 spiro atoms. The molecule has 0 amide bonds. The van der Waals surface area contributed by atoms with Crippen molar-refractivity contribution in [1.29, 1.82) is 0 Å². The van der Waals surface area contributed by atoms with Crippen molar-refractivity contribution in [2.75, 3.05) is 19.8 Å². The SMILES string of the molecule is CC.CCN1CN(CCc2ccc3ccccc3c2)C(Cl)=C1Cl. The second-order valence-corrected chi connectivity index (χ2v) is 5.99. The molecule has 0 radical (unpaired) electrons. The molecule has 124 valence electrons. The van der Waals surface area contributed by atoms with Crippen molar-refractivity contribution < 1.29 is 0 Å². The summed E-state index contributed by atoms with van der Waals surface area (Å²) in [5.41, 5.74) is 1.32. The summed E-state index contributed by atoms with van der Waals surface area (Å²) < 4.78 is 0. The van der Waals surface area contributed by atoms with E-state index in [1.165, 1.54) is 16.3 Å². The van der Waals surface area contributed by atoms with E-state index in [1.54, 1.807) is 0 Å². The lowest BCUT2D eigenvalue weighted by Crippen LogP contribution is -2.28. The third-order valence-electron chi connectivity index (χ3n) is 3.93. The first-order valence-corrected chi connectivity index (χ1v) is 8.97. The van der Waals surface area contributed by atoms with E-state index < -0.39 is 0 Å². The minimum atomic E-state index is 0.665. The molecule has 1 aliphatic rings. The Labute approximate surface area is 149 Å². The summed E-state index contributed by atoms with van der Waals surface area (Å²) in [6, 6.07) is 15.0. The zero-order chi connectivity index (χ0) is 16.8. The van der Waals surface area contributed by atoms with Gasteiger partial charge in [0.05, 0.1) is 6.67 Å². The van der Waals surface area contributed by atoms with E-state index in [0.29, 0.717) is 10.3 Å². The second kappa shape index (κ2) is 8.47. The fourth-order valence-corrected chi connectivity index (χ4v) is 3.21. The van der Waals surface area contributed by atoms with Gasteiger partial charge in [0.1, 0.15) is 10.3 Å². The molecule has 1 aliphatic heterocycles. The molecule has 0 unspecified atom stereocenters. The van der Waals surface area contributed by atoms with Crippen LogP contribution in [0.3, 0.4) is 0 Å². The number of hydrogen-bond acceptors (Lipinski definition) is 2. The lowest BCUT2D eigenvalue weighted by atomic mass is 10.1. The molecule has 3 rings (SSSR count). The molecular formula is C19H24Cl2N2. The highest BCUT2D eigenvalue weighted by molar-refractivity contribution is 6.38. The molecular weight excluding hydrogens is 327 g/mol. The average molecular weight is 351 g/mol. The average Bonchev–Trinajstić information content (AvgIpc) is 2.89. The molecule has 1 heterocycles. The standard InChI is InChI=1S/C17H18Cl2N2.C2H6/c1-2-20-12-21(17(19)16(20)18)10-9-13-7-8-14-5-3-4-6-15(14)11-13;1-2/h3-8,11H,2,9-10,12H2,1H3;1-2H3. The Kier molecular flexibility index (Phi) is 6.61. The Morgan fingerprint density at radius 1 is 0.913 bits per heavy atom. The van der Waals surface area contributed by atoms with Gasteiger partial charge in [0.15, 0.2) is 0 Å². The van der Waals surface area contributed by atoms with Crippen LogP contribution in [0.25, 0.3) is 10.8 Å². The van der Waals surface area contributed by atoms with E-state index in [4.69, 9.17) is 23.2 Å². The smallest absolute Gasteiger partial charge is 0.141 e. The van der Waals surface area contributed by atoms with Gasteiger partial charge in [-0.2, -0.15) is 0 Å². The zero-order valence-corrected chi connectivity index (χ0v) is 15.5. The van der Waals surface area contributed by atoms with Gasteiger partial charge >= 0.3 is 0 Å². The summed E-state index contributed by atoms with van der Waals surface area (Å²) in [5, 5.41) is 3.89. The summed E-state index contributed by atoms with van der Waals surface area (Å²) in [6.45, 7) is 8.62. The van der Waals surface area contributed by atoms with Gasteiger partial charge in [-0.1, -0.05) is 79.5 Å². The normalized spacial score (nSPS) is 14.3. The number of fused-ring (bicyclic) bond motifs is 1. The Bertz CT molecular complexity index is 682. The minimum Gasteiger partial charge on any atom is -0.342 e. The molecule has 0 atom stereocenters. The van der Waals surface area contributed by atoms with Gasteiger partial charge in [0.25, 0.3) is 0 Å². The first-order chi connectivity index (χ1) is 11.2. The Morgan fingerprint density at radius 3 is 2.22 bits per heavy atom. The van der Waals surface area contributed by atoms with Gasteiger partial charge in [0.2, 0.25) is 0 Å². The highest BCUT2D eigenvalue weighted by Gasteiger charge is 2.24. The van der Waals surface area contributed by atoms with Crippen LogP contribution < -0.4 is 0 Å². The third-order valence-corrected chi connectivity index (χ3v) is 4.87. The second-order valence-electron chi connectivity index (χ2n) is 5.27. The molecule has 2 aromatic rings. The number of nitrogens with zero attached hydrogens (tertiary/aromatic N) is 2. The van der Waals surface area contributed by atoms with E-state index >= 15 is 0 Å². The van der Waals surface area contributed by atoms with Crippen molar-refractivity contribution in [3.8, 4) is 0 Å². The molecule has 0 saturated carbocycles. The van der Waals surface area contributed by atoms with E-state index in [0.717, 1.165) is 26.2 Å². The minimum absolute atomic E-state index is 0.665. The maximum atomic E-state index is 6.30. The van der Waals surface area contributed by atoms with Gasteiger partial charge in [-0.25, -0.2) is 0 Å². The van der Waals surface area contributed by atoms with Crippen LogP contribution >= 0.6 is 23.2 Å². The predicted molar refractivity (Wildman–Crippen MR) is 102 cm³/mol. The van der Waals surface area contributed by atoms with Gasteiger partial charge in [-0.3, -0.25) is 0 Å². The highest BCUT2D eigenvalue weighted by Crippen LogP contribution is 2.29. The molecule has 2 nitrogen and oxygen atoms in total. The number of hydrogen-bond donors (Lipinski definition) is 0. The Balaban J connectivity index is 0.000000924. The van der Waals surface area contributed by atoms with Crippen LogP contribution in [0.2, 0.25) is 0 Å². The molecule has 0 N–H and O–H groups in total. The van der Waals surface area contributed by atoms with Gasteiger partial charge in [-0.05, 0) is 29.7 Å². The van der Waals surface area contributed by atoms with Crippen molar-refractivity contribution in [1.82, 2.24) is 9.80 Å². The zero-order valence-electron chi connectivity index (χ0n) is 14.0. The van der Waals surface area contributed by atoms with Crippen molar-refractivity contribution in [2.45, 2.75) is 27.2 Å². The monoisotopic (exact) mass is 350 g/mol. The Hall–Kier alpha value is -1.38. The van der Waals surface area contributed by atoms with Crippen LogP contribution in [0.4, 0.5) is 0 Å². The summed E-state index contributed by atoms with van der Waals surface area (Å²) in [7, 11) is 0.